The number of hydrogen-bond acceptors (Lipinski definition) is 3. The summed E-state index contributed by atoms with van der Waals surface area (Å²) in [5, 5.41) is 3.30. The molecule has 1 aromatic carbocycles. The molecule has 0 aliphatic heterocycles. The minimum atomic E-state index is -0.191. The van der Waals surface area contributed by atoms with Gasteiger partial charge in [-0.2, -0.15) is 0 Å². The average molecular weight is 287 g/mol. The number of rotatable bonds is 7. The first-order chi connectivity index (χ1) is 10.2. The Bertz CT molecular complexity index is 527. The van der Waals surface area contributed by atoms with Gasteiger partial charge in [-0.05, 0) is 62.5 Å². The van der Waals surface area contributed by atoms with E-state index in [1.807, 2.05) is 43.7 Å². The second-order valence-corrected chi connectivity index (χ2v) is 5.27. The van der Waals surface area contributed by atoms with Crippen LogP contribution in [0.4, 0.5) is 4.39 Å². The lowest BCUT2D eigenvalue weighted by molar-refractivity contribution is 0.304. The lowest BCUT2D eigenvalue weighted by Gasteiger charge is -2.22. The second-order valence-electron chi connectivity index (χ2n) is 5.27. The fourth-order valence-electron chi connectivity index (χ4n) is 2.40. The van der Waals surface area contributed by atoms with Gasteiger partial charge in [0.15, 0.2) is 0 Å². The molecule has 0 amide bonds. The highest BCUT2D eigenvalue weighted by atomic mass is 19.1. The molecule has 1 atom stereocenters. The van der Waals surface area contributed by atoms with E-state index in [1.54, 1.807) is 0 Å². The van der Waals surface area contributed by atoms with E-state index in [1.165, 1.54) is 17.7 Å². The van der Waals surface area contributed by atoms with Crippen LogP contribution in [0.3, 0.4) is 0 Å². The summed E-state index contributed by atoms with van der Waals surface area (Å²) in [5.41, 5.74) is 2.38. The summed E-state index contributed by atoms with van der Waals surface area (Å²) in [7, 11) is 4.05. The number of nitrogens with zero attached hydrogens (tertiary/aromatic N) is 2. The number of aromatic nitrogens is 1. The number of halogens is 1. The van der Waals surface area contributed by atoms with Gasteiger partial charge in [-0.3, -0.25) is 4.98 Å². The molecule has 0 aliphatic carbocycles. The van der Waals surface area contributed by atoms with Crippen molar-refractivity contribution in [1.29, 1.82) is 0 Å². The number of hydrogen-bond donors (Lipinski definition) is 1. The lowest BCUT2D eigenvalue weighted by Crippen LogP contribution is -2.25. The van der Waals surface area contributed by atoms with E-state index in [2.05, 4.69) is 22.2 Å². The largest absolute Gasteiger partial charge is 0.313 e. The first-order valence-corrected chi connectivity index (χ1v) is 7.19. The van der Waals surface area contributed by atoms with E-state index in [0.29, 0.717) is 0 Å². The highest BCUT2D eigenvalue weighted by molar-refractivity contribution is 5.19. The molecule has 2 aromatic rings. The zero-order valence-corrected chi connectivity index (χ0v) is 12.6. The van der Waals surface area contributed by atoms with Gasteiger partial charge in [0.1, 0.15) is 5.82 Å². The lowest BCUT2D eigenvalue weighted by atomic mass is 10.0. The number of nitrogens with one attached hydrogen (secondary N) is 1. The average Bonchev–Trinajstić information content (AvgIpc) is 2.50. The van der Waals surface area contributed by atoms with Crippen molar-refractivity contribution in [3.8, 4) is 0 Å². The van der Waals surface area contributed by atoms with Crippen LogP contribution in [0.5, 0.6) is 0 Å². The maximum Gasteiger partial charge on any atom is 0.123 e. The van der Waals surface area contributed by atoms with Crippen LogP contribution in [0.2, 0.25) is 0 Å². The van der Waals surface area contributed by atoms with Gasteiger partial charge in [-0.25, -0.2) is 4.39 Å². The maximum absolute atomic E-state index is 13.0. The highest BCUT2D eigenvalue weighted by Gasteiger charge is 2.10. The van der Waals surface area contributed by atoms with Gasteiger partial charge in [-0.1, -0.05) is 12.1 Å². The van der Waals surface area contributed by atoms with Crippen molar-refractivity contribution < 1.29 is 4.39 Å². The molecule has 3 nitrogen and oxygen atoms in total. The summed E-state index contributed by atoms with van der Waals surface area (Å²) in [5.74, 6) is -0.191. The van der Waals surface area contributed by atoms with Crippen molar-refractivity contribution in [2.24, 2.45) is 0 Å². The summed E-state index contributed by atoms with van der Waals surface area (Å²) in [6, 6.07) is 11.0. The maximum atomic E-state index is 13.0. The molecular formula is C17H22FN3. The molecule has 0 aliphatic rings. The highest BCUT2D eigenvalue weighted by Crippen LogP contribution is 2.17. The fourth-order valence-corrected chi connectivity index (χ4v) is 2.40. The molecule has 1 aromatic heterocycles. The van der Waals surface area contributed by atoms with Crippen LogP contribution in [0.1, 0.15) is 23.6 Å². The summed E-state index contributed by atoms with van der Waals surface area (Å²) in [6.07, 6.45) is 4.61. The third kappa shape index (κ3) is 4.92. The number of pyridine rings is 1. The van der Waals surface area contributed by atoms with Gasteiger partial charge in [-0.15, -0.1) is 0 Å². The van der Waals surface area contributed by atoms with E-state index < -0.39 is 0 Å². The van der Waals surface area contributed by atoms with Gasteiger partial charge in [0.25, 0.3) is 0 Å². The van der Waals surface area contributed by atoms with Crippen molar-refractivity contribution in [1.82, 2.24) is 15.2 Å². The van der Waals surface area contributed by atoms with Crippen LogP contribution in [0.25, 0.3) is 0 Å². The molecular weight excluding hydrogens is 265 g/mol. The molecule has 1 unspecified atom stereocenters. The predicted molar refractivity (Wildman–Crippen MR) is 83.4 cm³/mol. The molecule has 0 saturated carbocycles. The smallest absolute Gasteiger partial charge is 0.123 e. The minimum absolute atomic E-state index is 0.191. The Morgan fingerprint density at radius 1 is 1.14 bits per heavy atom. The molecule has 112 valence electrons. The molecule has 0 bridgehead atoms. The van der Waals surface area contributed by atoms with Crippen molar-refractivity contribution in [2.75, 3.05) is 20.6 Å². The van der Waals surface area contributed by atoms with Gasteiger partial charge in [0, 0.05) is 25.0 Å². The normalized spacial score (nSPS) is 12.6. The molecule has 0 spiro atoms. The minimum Gasteiger partial charge on any atom is -0.313 e. The fraction of sp³-hybridized carbons (Fsp3) is 0.353. The summed E-state index contributed by atoms with van der Waals surface area (Å²) < 4.78 is 13.0. The van der Waals surface area contributed by atoms with Crippen LogP contribution >= 0.6 is 0 Å². The Morgan fingerprint density at radius 3 is 2.43 bits per heavy atom. The monoisotopic (exact) mass is 287 g/mol. The first kappa shape index (κ1) is 15.6. The Balaban J connectivity index is 1.86. The molecule has 21 heavy (non-hydrogen) atoms. The van der Waals surface area contributed by atoms with E-state index in [-0.39, 0.29) is 11.9 Å². The van der Waals surface area contributed by atoms with E-state index >= 15 is 0 Å². The van der Waals surface area contributed by atoms with Crippen molar-refractivity contribution in [2.45, 2.75) is 19.0 Å². The predicted octanol–water partition coefficient (Wildman–Crippen LogP) is 3.00. The Kier molecular flexibility index (Phi) is 5.84. The molecule has 2 rings (SSSR count). The molecule has 4 heteroatoms. The topological polar surface area (TPSA) is 28.2 Å². The zero-order chi connectivity index (χ0) is 15.1. The summed E-state index contributed by atoms with van der Waals surface area (Å²) in [6.45, 7) is 1.87. The first-order valence-electron chi connectivity index (χ1n) is 7.19. The quantitative estimate of drug-likeness (QED) is 0.848. The molecule has 0 saturated heterocycles. The van der Waals surface area contributed by atoms with Gasteiger partial charge < -0.3 is 10.2 Å². The standard InChI is InChI=1S/C17H22FN3/c1-19-17(15-3-5-16(18)6-4-15)9-12-21(2)13-14-7-10-20-11-8-14/h3-8,10-11,17,19H,9,12-13H2,1-2H3. The van der Waals surface area contributed by atoms with Gasteiger partial charge >= 0.3 is 0 Å². The zero-order valence-electron chi connectivity index (χ0n) is 12.6. The van der Waals surface area contributed by atoms with Crippen molar-refractivity contribution in [3.63, 3.8) is 0 Å². The summed E-state index contributed by atoms with van der Waals surface area (Å²) >= 11 is 0. The summed E-state index contributed by atoms with van der Waals surface area (Å²) in [4.78, 5) is 6.31. The number of benzene rings is 1. The Hall–Kier alpha value is -1.78. The van der Waals surface area contributed by atoms with Crippen LogP contribution in [-0.4, -0.2) is 30.5 Å². The Morgan fingerprint density at radius 2 is 1.81 bits per heavy atom. The molecule has 1 heterocycles. The van der Waals surface area contributed by atoms with Crippen LogP contribution < -0.4 is 5.32 Å². The molecule has 1 N–H and O–H groups in total. The Labute approximate surface area is 125 Å². The van der Waals surface area contributed by atoms with Crippen LogP contribution in [0, 0.1) is 5.82 Å². The van der Waals surface area contributed by atoms with Gasteiger partial charge in [0.2, 0.25) is 0 Å². The third-order valence-corrected chi connectivity index (χ3v) is 3.62. The van der Waals surface area contributed by atoms with Gasteiger partial charge in [0.05, 0.1) is 0 Å². The third-order valence-electron chi connectivity index (χ3n) is 3.62. The van der Waals surface area contributed by atoms with E-state index in [0.717, 1.165) is 25.1 Å². The van der Waals surface area contributed by atoms with E-state index in [4.69, 9.17) is 0 Å². The SMILES string of the molecule is CNC(CCN(C)Cc1ccncc1)c1ccc(F)cc1. The van der Waals surface area contributed by atoms with Crippen molar-refractivity contribution in [3.05, 3.63) is 65.7 Å². The van der Waals surface area contributed by atoms with Crippen LogP contribution in [0.15, 0.2) is 48.8 Å². The molecule has 0 radical (unpaired) electrons. The van der Waals surface area contributed by atoms with Crippen LogP contribution in [-0.2, 0) is 6.54 Å². The second kappa shape index (κ2) is 7.86. The molecule has 0 fully saturated rings. The van der Waals surface area contributed by atoms with E-state index in [9.17, 15) is 4.39 Å². The van der Waals surface area contributed by atoms with Crippen molar-refractivity contribution >= 4 is 0 Å².